The van der Waals surface area contributed by atoms with Gasteiger partial charge in [-0.3, -0.25) is 29.0 Å². The van der Waals surface area contributed by atoms with Crippen molar-refractivity contribution in [2.45, 2.75) is 50.7 Å². The van der Waals surface area contributed by atoms with Gasteiger partial charge in [0.2, 0.25) is 17.7 Å². The van der Waals surface area contributed by atoms with Crippen LogP contribution in [0.5, 0.6) is 5.75 Å². The average Bonchev–Trinajstić information content (AvgIpc) is 3.54. The molecule has 13 heteroatoms. The number of carbonyl (C=O) groups is 5. The van der Waals surface area contributed by atoms with Gasteiger partial charge in [0.05, 0.1) is 19.2 Å². The van der Waals surface area contributed by atoms with Crippen LogP contribution in [-0.4, -0.2) is 107 Å². The Balaban J connectivity index is 1.49. The molecule has 2 aromatic carbocycles. The van der Waals surface area contributed by atoms with Gasteiger partial charge in [-0.15, -0.1) is 0 Å². The first-order chi connectivity index (χ1) is 24.1. The minimum absolute atomic E-state index is 0.175. The van der Waals surface area contributed by atoms with E-state index in [1.807, 2.05) is 50.2 Å². The van der Waals surface area contributed by atoms with Gasteiger partial charge in [-0.2, -0.15) is 0 Å². The molecular formula is C37H44N6O7. The monoisotopic (exact) mass is 684 g/mol. The second kappa shape index (κ2) is 16.9. The van der Waals surface area contributed by atoms with Gasteiger partial charge in [-0.25, -0.2) is 0 Å². The van der Waals surface area contributed by atoms with E-state index in [4.69, 9.17) is 4.74 Å². The number of carbonyl (C=O) groups excluding carboxylic acids is 5. The number of nitrogens with one attached hydrogen (secondary N) is 3. The maximum absolute atomic E-state index is 14.1. The third-order valence-electron chi connectivity index (χ3n) is 8.89. The summed E-state index contributed by atoms with van der Waals surface area (Å²) in [6, 6.07) is 16.8. The van der Waals surface area contributed by atoms with Gasteiger partial charge in [0.1, 0.15) is 17.8 Å². The highest BCUT2D eigenvalue weighted by molar-refractivity contribution is 5.95. The molecule has 0 spiro atoms. The molecule has 2 aliphatic rings. The van der Waals surface area contributed by atoms with Gasteiger partial charge in [-0.1, -0.05) is 56.3 Å². The van der Waals surface area contributed by atoms with Crippen molar-refractivity contribution in [3.8, 4) is 5.75 Å². The molecule has 50 heavy (non-hydrogen) atoms. The Morgan fingerprint density at radius 2 is 1.66 bits per heavy atom. The Hall–Kier alpha value is -5.30. The normalized spacial score (nSPS) is 22.1. The van der Waals surface area contributed by atoms with Gasteiger partial charge in [-0.05, 0) is 47.7 Å². The number of fused-ring (bicyclic) bond motifs is 4. The molecule has 2 aliphatic heterocycles. The first-order valence-electron chi connectivity index (χ1n) is 16.9. The largest absolute Gasteiger partial charge is 0.484 e. The summed E-state index contributed by atoms with van der Waals surface area (Å²) in [5, 5.41) is 18.6. The second-order valence-electron chi connectivity index (χ2n) is 13.1. The van der Waals surface area contributed by atoms with Crippen LogP contribution in [0.25, 0.3) is 0 Å². The van der Waals surface area contributed by atoms with Gasteiger partial charge < -0.3 is 35.6 Å². The van der Waals surface area contributed by atoms with Gasteiger partial charge in [0.15, 0.2) is 6.61 Å². The lowest BCUT2D eigenvalue weighted by Crippen LogP contribution is -2.56. The number of aliphatic hydroxyl groups is 1. The van der Waals surface area contributed by atoms with E-state index in [-0.39, 0.29) is 43.8 Å². The molecule has 4 N–H and O–H groups in total. The van der Waals surface area contributed by atoms with Crippen LogP contribution in [0.2, 0.25) is 0 Å². The number of hydrogen-bond donors (Lipinski definition) is 4. The lowest BCUT2D eigenvalue weighted by molar-refractivity contribution is -0.141. The number of rotatable bonds is 7. The molecule has 0 saturated carbocycles. The lowest BCUT2D eigenvalue weighted by atomic mass is 9.93. The van der Waals surface area contributed by atoms with Crippen molar-refractivity contribution in [3.63, 3.8) is 0 Å². The van der Waals surface area contributed by atoms with Crippen molar-refractivity contribution in [1.29, 1.82) is 0 Å². The summed E-state index contributed by atoms with van der Waals surface area (Å²) in [4.78, 5) is 74.8. The maximum Gasteiger partial charge on any atom is 0.258 e. The van der Waals surface area contributed by atoms with Crippen LogP contribution in [0.4, 0.5) is 0 Å². The standard InChI is InChI=1S/C37H44N6O7/c1-24(2)13-16-42-21-33(45)39-30(17-25-7-4-3-5-8-25)35(47)41-31-20-43(36(48)26-11-14-38-15-12-26)19-29(31)27-9-6-10-28(18-27)50-23-34(46)40-32(22-44)37(42)49/h3-12,14-15,18,24,29-32,44H,13,16-17,19-23H2,1-2H3,(H,39,45)(H,40,46)(H,41,47)/t29-,30-,31+,32-/m0/s1. The Morgan fingerprint density at radius 3 is 2.38 bits per heavy atom. The van der Waals surface area contributed by atoms with E-state index >= 15 is 0 Å². The van der Waals surface area contributed by atoms with Crippen LogP contribution in [0.15, 0.2) is 79.1 Å². The molecule has 1 aromatic heterocycles. The Kier molecular flexibility index (Phi) is 12.2. The number of amides is 5. The highest BCUT2D eigenvalue weighted by Crippen LogP contribution is 2.31. The molecule has 3 aromatic rings. The zero-order chi connectivity index (χ0) is 35.6. The number of benzene rings is 2. The van der Waals surface area contributed by atoms with Crippen molar-refractivity contribution in [1.82, 2.24) is 30.7 Å². The average molecular weight is 685 g/mol. The van der Waals surface area contributed by atoms with Crippen molar-refractivity contribution in [2.75, 3.05) is 39.4 Å². The van der Waals surface area contributed by atoms with Crippen molar-refractivity contribution in [2.24, 2.45) is 5.92 Å². The summed E-state index contributed by atoms with van der Waals surface area (Å²) < 4.78 is 5.79. The van der Waals surface area contributed by atoms with Gasteiger partial charge in [0, 0.05) is 49.9 Å². The Labute approximate surface area is 291 Å². The second-order valence-corrected chi connectivity index (χ2v) is 13.1. The quantitative estimate of drug-likeness (QED) is 0.289. The maximum atomic E-state index is 14.1. The van der Waals surface area contributed by atoms with Crippen molar-refractivity contribution in [3.05, 3.63) is 95.8 Å². The molecule has 3 heterocycles. The fraction of sp³-hybridized carbons (Fsp3) is 0.405. The minimum Gasteiger partial charge on any atom is -0.484 e. The molecule has 1 fully saturated rings. The highest BCUT2D eigenvalue weighted by Gasteiger charge is 2.39. The number of aliphatic hydroxyl groups excluding tert-OH is 1. The summed E-state index contributed by atoms with van der Waals surface area (Å²) in [5.74, 6) is -2.25. The van der Waals surface area contributed by atoms with E-state index in [9.17, 15) is 29.1 Å². The zero-order valence-corrected chi connectivity index (χ0v) is 28.3. The van der Waals surface area contributed by atoms with Crippen molar-refractivity contribution < 1.29 is 33.8 Å². The zero-order valence-electron chi connectivity index (χ0n) is 28.3. The molecule has 0 aliphatic carbocycles. The van der Waals surface area contributed by atoms with Crippen LogP contribution in [0.1, 0.15) is 47.7 Å². The number of ether oxygens (including phenoxy) is 1. The minimum atomic E-state index is -1.30. The molecule has 13 nitrogen and oxygen atoms in total. The van der Waals surface area contributed by atoms with E-state index in [2.05, 4.69) is 20.9 Å². The van der Waals surface area contributed by atoms with Crippen molar-refractivity contribution >= 4 is 29.5 Å². The molecule has 0 radical (unpaired) electrons. The van der Waals surface area contributed by atoms with Crippen LogP contribution in [0.3, 0.4) is 0 Å². The van der Waals surface area contributed by atoms with E-state index in [1.165, 1.54) is 4.90 Å². The molecule has 5 amide bonds. The Morgan fingerprint density at radius 1 is 0.920 bits per heavy atom. The predicted octanol–water partition coefficient (Wildman–Crippen LogP) is 1.28. The number of likely N-dealkylation sites (tertiary alicyclic amines) is 1. The van der Waals surface area contributed by atoms with E-state index in [1.54, 1.807) is 47.6 Å². The first kappa shape index (κ1) is 36.0. The number of hydrogen-bond acceptors (Lipinski definition) is 8. The predicted molar refractivity (Wildman–Crippen MR) is 184 cm³/mol. The van der Waals surface area contributed by atoms with Crippen LogP contribution in [-0.2, 0) is 25.6 Å². The summed E-state index contributed by atoms with van der Waals surface area (Å²) in [6.45, 7) is 3.14. The molecular weight excluding hydrogens is 640 g/mol. The summed E-state index contributed by atoms with van der Waals surface area (Å²) in [6.07, 6.45) is 3.83. The summed E-state index contributed by atoms with van der Waals surface area (Å²) in [5.41, 5.74) is 2.05. The number of nitrogens with zero attached hydrogens (tertiary/aromatic N) is 3. The lowest BCUT2D eigenvalue weighted by Gasteiger charge is -2.29. The topological polar surface area (TPSA) is 170 Å². The van der Waals surface area contributed by atoms with Gasteiger partial charge in [0.25, 0.3) is 11.8 Å². The van der Waals surface area contributed by atoms with Crippen LogP contribution < -0.4 is 20.7 Å². The number of aromatic nitrogens is 1. The highest BCUT2D eigenvalue weighted by atomic mass is 16.5. The Bertz CT molecular complexity index is 1650. The van der Waals surface area contributed by atoms with E-state index < -0.39 is 61.5 Å². The molecule has 1 saturated heterocycles. The van der Waals surface area contributed by atoms with Crippen LogP contribution in [0, 0.1) is 5.92 Å². The number of pyridine rings is 1. The third-order valence-corrected chi connectivity index (χ3v) is 8.89. The van der Waals surface area contributed by atoms with E-state index in [0.29, 0.717) is 17.7 Å². The SMILES string of the molecule is CC(C)CCN1CC(=O)N[C@@H](Cc2ccccc2)C(=O)N[C@@H]2CN(C(=O)c3ccncc3)C[C@H]2c2cccc(c2)OCC(=O)N[C@@H](CO)C1=O. The van der Waals surface area contributed by atoms with Crippen LogP contribution >= 0.6 is 0 Å². The smallest absolute Gasteiger partial charge is 0.258 e. The fourth-order valence-electron chi connectivity index (χ4n) is 6.19. The third kappa shape index (κ3) is 9.44. The fourth-order valence-corrected chi connectivity index (χ4v) is 6.19. The molecule has 264 valence electrons. The molecule has 4 atom stereocenters. The molecule has 2 bridgehead atoms. The molecule has 0 unspecified atom stereocenters. The van der Waals surface area contributed by atoms with Gasteiger partial charge >= 0.3 is 0 Å². The summed E-state index contributed by atoms with van der Waals surface area (Å²) in [7, 11) is 0. The molecule has 5 rings (SSSR count). The first-order valence-corrected chi connectivity index (χ1v) is 16.9. The van der Waals surface area contributed by atoms with E-state index in [0.717, 1.165) is 11.1 Å². The summed E-state index contributed by atoms with van der Waals surface area (Å²) >= 11 is 0.